The molecule has 0 aliphatic heterocycles. The van der Waals surface area contributed by atoms with Gasteiger partial charge in [-0.3, -0.25) is 9.59 Å². The molecule has 2 aromatic carbocycles. The molecule has 0 aliphatic rings. The third-order valence-electron chi connectivity index (χ3n) is 4.64. The smallest absolute Gasteiger partial charge is 0.313 e. The van der Waals surface area contributed by atoms with Gasteiger partial charge in [0.2, 0.25) is 0 Å². The highest BCUT2D eigenvalue weighted by atomic mass is 19.1. The van der Waals surface area contributed by atoms with E-state index in [1.54, 1.807) is 32.0 Å². The van der Waals surface area contributed by atoms with Crippen molar-refractivity contribution in [3.8, 4) is 5.75 Å². The summed E-state index contributed by atoms with van der Waals surface area (Å²) >= 11 is 0. The van der Waals surface area contributed by atoms with Gasteiger partial charge in [-0.1, -0.05) is 0 Å². The third kappa shape index (κ3) is 4.39. The number of rotatable bonds is 5. The van der Waals surface area contributed by atoms with Crippen molar-refractivity contribution in [2.24, 2.45) is 0 Å². The minimum Gasteiger partial charge on any atom is -0.494 e. The SMILES string of the molecule is CCOc1ccc(NC(=O)C(=O)NC(C)c2oc3ccc(F)cc3c2C)c(C)c1. The number of carbonyl (C=O) groups excluding carboxylic acids is 2. The van der Waals surface area contributed by atoms with Crippen molar-refractivity contribution in [3.05, 3.63) is 59.1 Å². The van der Waals surface area contributed by atoms with Crippen LogP contribution in [0.3, 0.4) is 0 Å². The summed E-state index contributed by atoms with van der Waals surface area (Å²) in [7, 11) is 0. The molecule has 0 radical (unpaired) electrons. The van der Waals surface area contributed by atoms with Gasteiger partial charge in [0.05, 0.1) is 12.6 Å². The number of furan rings is 1. The molecule has 0 saturated carbocycles. The monoisotopic (exact) mass is 398 g/mol. The van der Waals surface area contributed by atoms with E-state index in [1.165, 1.54) is 18.2 Å². The average Bonchev–Trinajstić information content (AvgIpc) is 3.00. The zero-order valence-corrected chi connectivity index (χ0v) is 16.8. The lowest BCUT2D eigenvalue weighted by molar-refractivity contribution is -0.136. The van der Waals surface area contributed by atoms with Crippen LogP contribution in [0.2, 0.25) is 0 Å². The highest BCUT2D eigenvalue weighted by Gasteiger charge is 2.22. The molecule has 0 aliphatic carbocycles. The van der Waals surface area contributed by atoms with Crippen LogP contribution in [0, 0.1) is 19.7 Å². The predicted octanol–water partition coefficient (Wildman–Crippen LogP) is 4.40. The molecule has 2 amide bonds. The molecule has 3 rings (SSSR count). The fourth-order valence-corrected chi connectivity index (χ4v) is 3.16. The van der Waals surface area contributed by atoms with E-state index in [-0.39, 0.29) is 5.82 Å². The second kappa shape index (κ2) is 8.34. The number of aryl methyl sites for hydroxylation is 2. The van der Waals surface area contributed by atoms with E-state index in [2.05, 4.69) is 10.6 Å². The number of hydrogen-bond acceptors (Lipinski definition) is 4. The molecule has 3 aromatic rings. The largest absolute Gasteiger partial charge is 0.494 e. The van der Waals surface area contributed by atoms with Gasteiger partial charge >= 0.3 is 11.8 Å². The predicted molar refractivity (Wildman–Crippen MR) is 108 cm³/mol. The first-order valence-electron chi connectivity index (χ1n) is 9.34. The van der Waals surface area contributed by atoms with Crippen LogP contribution in [0.25, 0.3) is 11.0 Å². The van der Waals surface area contributed by atoms with Crippen LogP contribution < -0.4 is 15.4 Å². The maximum atomic E-state index is 13.5. The normalized spacial score (nSPS) is 11.9. The van der Waals surface area contributed by atoms with E-state index >= 15 is 0 Å². The first-order valence-corrected chi connectivity index (χ1v) is 9.34. The number of benzene rings is 2. The zero-order valence-electron chi connectivity index (χ0n) is 16.8. The van der Waals surface area contributed by atoms with Crippen LogP contribution >= 0.6 is 0 Å². The molecule has 1 atom stereocenters. The molecule has 1 aromatic heterocycles. The first kappa shape index (κ1) is 20.4. The summed E-state index contributed by atoms with van der Waals surface area (Å²) in [5, 5.41) is 5.85. The number of anilines is 1. The van der Waals surface area contributed by atoms with Gasteiger partial charge in [0, 0.05) is 16.6 Å². The van der Waals surface area contributed by atoms with E-state index in [0.29, 0.717) is 34.8 Å². The van der Waals surface area contributed by atoms with Crippen molar-refractivity contribution in [1.29, 1.82) is 0 Å². The van der Waals surface area contributed by atoms with Crippen molar-refractivity contribution in [2.75, 3.05) is 11.9 Å². The standard InChI is InChI=1S/C22H23FN2O4/c1-5-28-16-7-8-18(12(2)10-16)25-22(27)21(26)24-14(4)20-13(3)17-11-15(23)6-9-19(17)29-20/h6-11,14H,5H2,1-4H3,(H,24,26)(H,25,27). The molecule has 0 saturated heterocycles. The summed E-state index contributed by atoms with van der Waals surface area (Å²) in [4.78, 5) is 24.7. The van der Waals surface area contributed by atoms with Gasteiger partial charge in [-0.05, 0) is 69.7 Å². The minimum absolute atomic E-state index is 0.366. The Kier molecular flexibility index (Phi) is 5.87. The topological polar surface area (TPSA) is 80.6 Å². The van der Waals surface area contributed by atoms with Crippen LogP contribution in [0.15, 0.2) is 40.8 Å². The Labute approximate surface area is 168 Å². The molecular weight excluding hydrogens is 375 g/mol. The molecule has 0 bridgehead atoms. The van der Waals surface area contributed by atoms with E-state index in [4.69, 9.17) is 9.15 Å². The summed E-state index contributed by atoms with van der Waals surface area (Å²) in [6.07, 6.45) is 0. The Balaban J connectivity index is 1.70. The van der Waals surface area contributed by atoms with Crippen LogP contribution in [0.5, 0.6) is 5.75 Å². The third-order valence-corrected chi connectivity index (χ3v) is 4.64. The first-order chi connectivity index (χ1) is 13.8. The van der Waals surface area contributed by atoms with Gasteiger partial charge in [0.25, 0.3) is 0 Å². The molecule has 0 fully saturated rings. The molecule has 1 unspecified atom stereocenters. The fraction of sp³-hybridized carbons (Fsp3) is 0.273. The van der Waals surface area contributed by atoms with Gasteiger partial charge in [-0.25, -0.2) is 4.39 Å². The molecule has 29 heavy (non-hydrogen) atoms. The second-order valence-corrected chi connectivity index (χ2v) is 6.79. The minimum atomic E-state index is -0.795. The van der Waals surface area contributed by atoms with Crippen LogP contribution in [-0.2, 0) is 9.59 Å². The molecule has 7 heteroatoms. The number of ether oxygens (including phenoxy) is 1. The van der Waals surface area contributed by atoms with Gasteiger partial charge in [-0.2, -0.15) is 0 Å². The highest BCUT2D eigenvalue weighted by Crippen LogP contribution is 2.30. The van der Waals surface area contributed by atoms with Gasteiger partial charge in [0.1, 0.15) is 22.9 Å². The Morgan fingerprint density at radius 2 is 1.90 bits per heavy atom. The summed E-state index contributed by atoms with van der Waals surface area (Å²) in [5.74, 6) is -0.780. The van der Waals surface area contributed by atoms with E-state index in [0.717, 1.165) is 11.1 Å². The molecule has 6 nitrogen and oxygen atoms in total. The molecule has 152 valence electrons. The van der Waals surface area contributed by atoms with Crippen molar-refractivity contribution < 1.29 is 23.1 Å². The lowest BCUT2D eigenvalue weighted by atomic mass is 10.1. The summed E-state index contributed by atoms with van der Waals surface area (Å²) in [6, 6.07) is 8.87. The maximum absolute atomic E-state index is 13.5. The number of amides is 2. The van der Waals surface area contributed by atoms with Crippen molar-refractivity contribution in [2.45, 2.75) is 33.7 Å². The lowest BCUT2D eigenvalue weighted by Crippen LogP contribution is -2.37. The van der Waals surface area contributed by atoms with E-state index in [1.807, 2.05) is 13.8 Å². The Hall–Kier alpha value is -3.35. The number of nitrogens with one attached hydrogen (secondary N) is 2. The van der Waals surface area contributed by atoms with E-state index in [9.17, 15) is 14.0 Å². The van der Waals surface area contributed by atoms with E-state index < -0.39 is 17.9 Å². The fourth-order valence-electron chi connectivity index (χ4n) is 3.16. The van der Waals surface area contributed by atoms with Crippen LogP contribution in [0.4, 0.5) is 10.1 Å². The lowest BCUT2D eigenvalue weighted by Gasteiger charge is -2.14. The van der Waals surface area contributed by atoms with Gasteiger partial charge in [0.15, 0.2) is 0 Å². The molecule has 2 N–H and O–H groups in total. The Morgan fingerprint density at radius 1 is 1.14 bits per heavy atom. The number of fused-ring (bicyclic) bond motifs is 1. The number of halogens is 1. The zero-order chi connectivity index (χ0) is 21.1. The second-order valence-electron chi connectivity index (χ2n) is 6.79. The van der Waals surface area contributed by atoms with Crippen LogP contribution in [0.1, 0.15) is 36.8 Å². The summed E-state index contributed by atoms with van der Waals surface area (Å²) in [6.45, 7) is 7.73. The Bertz CT molecular complexity index is 1070. The Morgan fingerprint density at radius 3 is 2.59 bits per heavy atom. The van der Waals surface area contributed by atoms with Crippen LogP contribution in [-0.4, -0.2) is 18.4 Å². The molecule has 1 heterocycles. The van der Waals surface area contributed by atoms with Crippen molar-refractivity contribution >= 4 is 28.5 Å². The van der Waals surface area contributed by atoms with Gasteiger partial charge in [-0.15, -0.1) is 0 Å². The number of carbonyl (C=O) groups is 2. The molecular formula is C22H23FN2O4. The summed E-state index contributed by atoms with van der Waals surface area (Å²) < 4.78 is 24.6. The van der Waals surface area contributed by atoms with Crippen molar-refractivity contribution in [3.63, 3.8) is 0 Å². The quantitative estimate of drug-likeness (QED) is 0.624. The highest BCUT2D eigenvalue weighted by molar-refractivity contribution is 6.39. The number of hydrogen-bond donors (Lipinski definition) is 2. The maximum Gasteiger partial charge on any atom is 0.313 e. The van der Waals surface area contributed by atoms with Gasteiger partial charge < -0.3 is 19.8 Å². The average molecular weight is 398 g/mol. The van der Waals surface area contributed by atoms with Crippen molar-refractivity contribution in [1.82, 2.24) is 5.32 Å². The summed E-state index contributed by atoms with van der Waals surface area (Å²) in [5.41, 5.74) is 2.54. The molecule has 0 spiro atoms.